The molecule has 2 nitrogen and oxygen atoms in total. The van der Waals surface area contributed by atoms with E-state index in [0.29, 0.717) is 17.0 Å². The van der Waals surface area contributed by atoms with Crippen molar-refractivity contribution < 1.29 is 4.39 Å². The summed E-state index contributed by atoms with van der Waals surface area (Å²) < 4.78 is 14.0. The quantitative estimate of drug-likeness (QED) is 0.928. The fourth-order valence-corrected chi connectivity index (χ4v) is 2.42. The monoisotopic (exact) mass is 328 g/mol. The highest BCUT2D eigenvalue weighted by Crippen LogP contribution is 2.25. The van der Waals surface area contributed by atoms with E-state index in [-0.39, 0.29) is 11.9 Å². The highest BCUT2D eigenvalue weighted by atomic mass is 79.9. The minimum Gasteiger partial charge on any atom is -0.324 e. The molecule has 0 saturated heterocycles. The number of halogens is 3. The van der Waals surface area contributed by atoms with Crippen molar-refractivity contribution in [3.05, 3.63) is 63.1 Å². The molecule has 18 heavy (non-hydrogen) atoms. The Morgan fingerprint density at radius 2 is 2.11 bits per heavy atom. The molecule has 1 atom stereocenters. The molecule has 2 N–H and O–H groups in total. The number of pyridine rings is 1. The van der Waals surface area contributed by atoms with E-state index in [4.69, 9.17) is 17.3 Å². The molecule has 2 aromatic rings. The summed E-state index contributed by atoms with van der Waals surface area (Å²) in [6, 6.07) is 6.68. The maximum atomic E-state index is 13.0. The van der Waals surface area contributed by atoms with Gasteiger partial charge in [-0.3, -0.25) is 4.98 Å². The van der Waals surface area contributed by atoms with Crippen LogP contribution in [0.4, 0.5) is 4.39 Å². The van der Waals surface area contributed by atoms with Gasteiger partial charge in [-0.2, -0.15) is 0 Å². The summed E-state index contributed by atoms with van der Waals surface area (Å²) in [6.07, 6.45) is 3.26. The van der Waals surface area contributed by atoms with Crippen LogP contribution in [0.5, 0.6) is 0 Å². The van der Waals surface area contributed by atoms with Crippen molar-refractivity contribution in [2.24, 2.45) is 5.73 Å². The van der Waals surface area contributed by atoms with E-state index in [9.17, 15) is 4.39 Å². The number of rotatable bonds is 3. The Morgan fingerprint density at radius 1 is 1.33 bits per heavy atom. The SMILES string of the molecule is NC(Cc1ccc(Br)cc1Cl)c1cncc(F)c1. The molecule has 1 aromatic heterocycles. The molecule has 94 valence electrons. The third-order valence-corrected chi connectivity index (χ3v) is 3.45. The van der Waals surface area contributed by atoms with Crippen LogP contribution < -0.4 is 5.73 Å². The Hall–Kier alpha value is -0.970. The second-order valence-electron chi connectivity index (χ2n) is 3.98. The van der Waals surface area contributed by atoms with Gasteiger partial charge in [0.15, 0.2) is 0 Å². The molecular formula is C13H11BrClFN2. The molecule has 0 aliphatic heterocycles. The van der Waals surface area contributed by atoms with Crippen molar-refractivity contribution in [2.45, 2.75) is 12.5 Å². The molecule has 1 aromatic carbocycles. The Labute approximate surface area is 118 Å². The van der Waals surface area contributed by atoms with Gasteiger partial charge in [0.2, 0.25) is 0 Å². The molecule has 0 bridgehead atoms. The van der Waals surface area contributed by atoms with Crippen molar-refractivity contribution in [1.29, 1.82) is 0 Å². The van der Waals surface area contributed by atoms with Gasteiger partial charge < -0.3 is 5.73 Å². The molecule has 0 saturated carbocycles. The van der Waals surface area contributed by atoms with Crippen molar-refractivity contribution >= 4 is 27.5 Å². The van der Waals surface area contributed by atoms with Crippen LogP contribution in [0.1, 0.15) is 17.2 Å². The van der Waals surface area contributed by atoms with Gasteiger partial charge in [-0.05, 0) is 35.7 Å². The number of hydrogen-bond acceptors (Lipinski definition) is 2. The van der Waals surface area contributed by atoms with Crippen molar-refractivity contribution in [2.75, 3.05) is 0 Å². The molecule has 1 unspecified atom stereocenters. The smallest absolute Gasteiger partial charge is 0.141 e. The Balaban J connectivity index is 2.18. The summed E-state index contributed by atoms with van der Waals surface area (Å²) in [4.78, 5) is 3.79. The molecule has 1 heterocycles. The molecule has 0 aliphatic carbocycles. The van der Waals surface area contributed by atoms with Crippen LogP contribution in [-0.4, -0.2) is 4.98 Å². The van der Waals surface area contributed by atoms with Crippen LogP contribution in [0.2, 0.25) is 5.02 Å². The summed E-state index contributed by atoms with van der Waals surface area (Å²) in [5.74, 6) is -0.384. The van der Waals surface area contributed by atoms with Crippen LogP contribution >= 0.6 is 27.5 Å². The maximum absolute atomic E-state index is 13.0. The van der Waals surface area contributed by atoms with E-state index >= 15 is 0 Å². The normalized spacial score (nSPS) is 12.4. The van der Waals surface area contributed by atoms with E-state index in [2.05, 4.69) is 20.9 Å². The molecule has 2 rings (SSSR count). The lowest BCUT2D eigenvalue weighted by atomic mass is 10.0. The zero-order valence-electron chi connectivity index (χ0n) is 9.41. The zero-order chi connectivity index (χ0) is 13.1. The number of hydrogen-bond donors (Lipinski definition) is 1. The van der Waals surface area contributed by atoms with Crippen LogP contribution in [0.3, 0.4) is 0 Å². The first kappa shape index (κ1) is 13.5. The average molecular weight is 330 g/mol. The van der Waals surface area contributed by atoms with Gasteiger partial charge >= 0.3 is 0 Å². The van der Waals surface area contributed by atoms with Gasteiger partial charge in [-0.1, -0.05) is 33.6 Å². The van der Waals surface area contributed by atoms with Crippen molar-refractivity contribution in [1.82, 2.24) is 4.98 Å². The van der Waals surface area contributed by atoms with Gasteiger partial charge in [0.25, 0.3) is 0 Å². The minimum absolute atomic E-state index is 0.327. The second kappa shape index (κ2) is 5.78. The summed E-state index contributed by atoms with van der Waals surface area (Å²) in [7, 11) is 0. The molecule has 0 aliphatic rings. The summed E-state index contributed by atoms with van der Waals surface area (Å²) in [5, 5.41) is 0.643. The van der Waals surface area contributed by atoms with Crippen LogP contribution in [0.25, 0.3) is 0 Å². The van der Waals surface area contributed by atoms with Crippen LogP contribution in [0.15, 0.2) is 41.1 Å². The van der Waals surface area contributed by atoms with Gasteiger partial charge in [0, 0.05) is 21.7 Å². The van der Waals surface area contributed by atoms with Crippen molar-refractivity contribution in [3.8, 4) is 0 Å². The lowest BCUT2D eigenvalue weighted by molar-refractivity contribution is 0.610. The molecular weight excluding hydrogens is 319 g/mol. The van der Waals surface area contributed by atoms with Crippen LogP contribution in [-0.2, 0) is 6.42 Å². The van der Waals surface area contributed by atoms with Crippen molar-refractivity contribution in [3.63, 3.8) is 0 Å². The minimum atomic E-state index is -0.384. The first-order valence-corrected chi connectivity index (χ1v) is 6.53. The van der Waals surface area contributed by atoms with E-state index < -0.39 is 0 Å². The van der Waals surface area contributed by atoms with Crippen LogP contribution in [0, 0.1) is 5.82 Å². The number of benzene rings is 1. The molecule has 0 amide bonds. The third kappa shape index (κ3) is 3.28. The molecule has 5 heteroatoms. The highest BCUT2D eigenvalue weighted by molar-refractivity contribution is 9.10. The fraction of sp³-hybridized carbons (Fsp3) is 0.154. The summed E-state index contributed by atoms with van der Waals surface area (Å²) in [6.45, 7) is 0. The van der Waals surface area contributed by atoms with E-state index in [1.807, 2.05) is 18.2 Å². The van der Waals surface area contributed by atoms with E-state index in [1.165, 1.54) is 6.07 Å². The second-order valence-corrected chi connectivity index (χ2v) is 5.31. The molecule has 0 spiro atoms. The lowest BCUT2D eigenvalue weighted by Gasteiger charge is -2.13. The lowest BCUT2D eigenvalue weighted by Crippen LogP contribution is -2.14. The third-order valence-electron chi connectivity index (χ3n) is 2.61. The van der Waals surface area contributed by atoms with Gasteiger partial charge in [-0.15, -0.1) is 0 Å². The fourth-order valence-electron chi connectivity index (χ4n) is 1.67. The zero-order valence-corrected chi connectivity index (χ0v) is 11.7. The molecule has 0 radical (unpaired) electrons. The molecule has 0 fully saturated rings. The standard InChI is InChI=1S/C13H11BrClFN2/c14-10-2-1-8(12(15)5-10)4-13(17)9-3-11(16)7-18-6-9/h1-3,5-7,13H,4,17H2. The predicted molar refractivity (Wildman–Crippen MR) is 74.0 cm³/mol. The topological polar surface area (TPSA) is 38.9 Å². The Morgan fingerprint density at radius 3 is 2.78 bits per heavy atom. The largest absolute Gasteiger partial charge is 0.324 e. The number of nitrogens with two attached hydrogens (primary N) is 1. The highest BCUT2D eigenvalue weighted by Gasteiger charge is 2.11. The average Bonchev–Trinajstić information content (AvgIpc) is 2.32. The Kier molecular flexibility index (Phi) is 4.32. The van der Waals surface area contributed by atoms with Gasteiger partial charge in [-0.25, -0.2) is 4.39 Å². The Bertz CT molecular complexity index is 562. The van der Waals surface area contributed by atoms with E-state index in [0.717, 1.165) is 16.2 Å². The number of nitrogens with zero attached hydrogens (tertiary/aromatic N) is 1. The predicted octanol–water partition coefficient (Wildman–Crippen LogP) is 3.88. The maximum Gasteiger partial charge on any atom is 0.141 e. The number of aromatic nitrogens is 1. The van der Waals surface area contributed by atoms with E-state index in [1.54, 1.807) is 6.20 Å². The van der Waals surface area contributed by atoms with Gasteiger partial charge in [0.05, 0.1) is 6.20 Å². The first-order valence-electron chi connectivity index (χ1n) is 5.36. The van der Waals surface area contributed by atoms with Gasteiger partial charge in [0.1, 0.15) is 5.82 Å². The first-order chi connectivity index (χ1) is 8.56. The summed E-state index contributed by atoms with van der Waals surface area (Å²) >= 11 is 9.46. The summed E-state index contributed by atoms with van der Waals surface area (Å²) in [5.41, 5.74) is 7.61.